The van der Waals surface area contributed by atoms with Gasteiger partial charge in [0.05, 0.1) is 12.3 Å². The van der Waals surface area contributed by atoms with E-state index in [4.69, 9.17) is 16.3 Å². The van der Waals surface area contributed by atoms with E-state index in [2.05, 4.69) is 28.2 Å². The molecule has 0 aliphatic carbocycles. The van der Waals surface area contributed by atoms with Gasteiger partial charge in [-0.15, -0.1) is 0 Å². The minimum atomic E-state index is 0.400. The molecule has 4 heteroatoms. The van der Waals surface area contributed by atoms with Gasteiger partial charge in [-0.1, -0.05) is 11.6 Å². The first-order valence-corrected chi connectivity index (χ1v) is 6.63. The molecule has 0 spiro atoms. The van der Waals surface area contributed by atoms with Gasteiger partial charge in [0.25, 0.3) is 0 Å². The largest absolute Gasteiger partial charge is 0.381 e. The van der Waals surface area contributed by atoms with Crippen molar-refractivity contribution in [1.82, 2.24) is 0 Å². The lowest BCUT2D eigenvalue weighted by atomic mass is 10.0. The first-order valence-electron chi connectivity index (χ1n) is 5.46. The van der Waals surface area contributed by atoms with Crippen molar-refractivity contribution >= 4 is 33.2 Å². The van der Waals surface area contributed by atoms with Crippen LogP contribution in [0.3, 0.4) is 0 Å². The minimum Gasteiger partial charge on any atom is -0.381 e. The summed E-state index contributed by atoms with van der Waals surface area (Å²) in [5.74, 6) is 0.589. The first kappa shape index (κ1) is 12.2. The minimum absolute atomic E-state index is 0.400. The zero-order chi connectivity index (χ0) is 11.5. The molecule has 1 saturated heterocycles. The molecule has 0 amide bonds. The maximum atomic E-state index is 5.97. The summed E-state index contributed by atoms with van der Waals surface area (Å²) in [6.45, 7) is 3.92. The quantitative estimate of drug-likeness (QED) is 0.913. The zero-order valence-electron chi connectivity index (χ0n) is 9.17. The maximum absolute atomic E-state index is 5.97. The van der Waals surface area contributed by atoms with Crippen molar-refractivity contribution in [2.75, 3.05) is 18.5 Å². The first-order chi connectivity index (χ1) is 7.66. The molecule has 1 heterocycles. The molecule has 2 rings (SSSR count). The van der Waals surface area contributed by atoms with Crippen molar-refractivity contribution in [2.45, 2.75) is 19.4 Å². The molecule has 2 unspecified atom stereocenters. The van der Waals surface area contributed by atoms with Crippen molar-refractivity contribution in [3.05, 3.63) is 27.7 Å². The van der Waals surface area contributed by atoms with Crippen molar-refractivity contribution in [1.29, 1.82) is 0 Å². The lowest BCUT2D eigenvalue weighted by molar-refractivity contribution is 0.183. The third-order valence-corrected chi connectivity index (χ3v) is 3.91. The SMILES string of the molecule is CC(Nc1cc(Cl)ccc1Br)C1CCOC1. The number of anilines is 1. The Balaban J connectivity index is 2.04. The summed E-state index contributed by atoms with van der Waals surface area (Å²) in [4.78, 5) is 0. The van der Waals surface area contributed by atoms with Crippen LogP contribution in [0, 0.1) is 5.92 Å². The molecule has 0 radical (unpaired) electrons. The second kappa shape index (κ2) is 5.39. The van der Waals surface area contributed by atoms with Crippen LogP contribution in [0.15, 0.2) is 22.7 Å². The Morgan fingerprint density at radius 2 is 2.38 bits per heavy atom. The molecule has 88 valence electrons. The average molecular weight is 305 g/mol. The summed E-state index contributed by atoms with van der Waals surface area (Å²) in [6.07, 6.45) is 1.13. The van der Waals surface area contributed by atoms with E-state index in [1.165, 1.54) is 0 Å². The standard InChI is InChI=1S/C12H15BrClNO/c1-8(9-4-5-16-7-9)15-12-6-10(14)2-3-11(12)13/h2-3,6,8-9,15H,4-5,7H2,1H3. The number of rotatable bonds is 3. The van der Waals surface area contributed by atoms with Crippen molar-refractivity contribution in [3.8, 4) is 0 Å². The van der Waals surface area contributed by atoms with Crippen LogP contribution in [-0.2, 0) is 4.74 Å². The van der Waals surface area contributed by atoms with Crippen LogP contribution < -0.4 is 5.32 Å². The molecule has 1 fully saturated rings. The van der Waals surface area contributed by atoms with Gasteiger partial charge >= 0.3 is 0 Å². The van der Waals surface area contributed by atoms with Crippen LogP contribution in [0.5, 0.6) is 0 Å². The third-order valence-electron chi connectivity index (χ3n) is 2.98. The Hall–Kier alpha value is -0.250. The molecule has 1 aromatic rings. The Labute approximate surface area is 109 Å². The van der Waals surface area contributed by atoms with Gasteiger partial charge in [0.1, 0.15) is 0 Å². The summed E-state index contributed by atoms with van der Waals surface area (Å²) in [7, 11) is 0. The smallest absolute Gasteiger partial charge is 0.0514 e. The van der Waals surface area contributed by atoms with E-state index in [9.17, 15) is 0 Å². The van der Waals surface area contributed by atoms with Crippen molar-refractivity contribution < 1.29 is 4.74 Å². The second-order valence-electron chi connectivity index (χ2n) is 4.18. The maximum Gasteiger partial charge on any atom is 0.0514 e. The summed E-state index contributed by atoms with van der Waals surface area (Å²) < 4.78 is 6.44. The van der Waals surface area contributed by atoms with Crippen LogP contribution in [0.2, 0.25) is 5.02 Å². The van der Waals surface area contributed by atoms with E-state index in [1.807, 2.05) is 18.2 Å². The molecule has 0 saturated carbocycles. The predicted molar refractivity (Wildman–Crippen MR) is 71.2 cm³/mol. The molecular formula is C12H15BrClNO. The molecule has 0 aromatic heterocycles. The summed E-state index contributed by atoms with van der Waals surface area (Å²) in [5.41, 5.74) is 1.05. The fraction of sp³-hybridized carbons (Fsp3) is 0.500. The number of halogens is 2. The highest BCUT2D eigenvalue weighted by Crippen LogP contribution is 2.28. The number of nitrogens with one attached hydrogen (secondary N) is 1. The lowest BCUT2D eigenvalue weighted by Crippen LogP contribution is -2.26. The van der Waals surface area contributed by atoms with Crippen LogP contribution in [0.25, 0.3) is 0 Å². The van der Waals surface area contributed by atoms with Gasteiger partial charge in [-0.2, -0.15) is 0 Å². The number of hydrogen-bond acceptors (Lipinski definition) is 2. The lowest BCUT2D eigenvalue weighted by Gasteiger charge is -2.21. The highest BCUT2D eigenvalue weighted by molar-refractivity contribution is 9.10. The van der Waals surface area contributed by atoms with E-state index < -0.39 is 0 Å². The molecule has 1 N–H and O–H groups in total. The van der Waals surface area contributed by atoms with Gasteiger partial charge in [-0.05, 0) is 47.5 Å². The van der Waals surface area contributed by atoms with E-state index in [-0.39, 0.29) is 0 Å². The normalized spacial score (nSPS) is 22.1. The predicted octanol–water partition coefficient (Wildman–Crippen LogP) is 3.94. The second-order valence-corrected chi connectivity index (χ2v) is 5.47. The Morgan fingerprint density at radius 1 is 1.56 bits per heavy atom. The summed E-state index contributed by atoms with van der Waals surface area (Å²) >= 11 is 9.49. The number of hydrogen-bond donors (Lipinski definition) is 1. The fourth-order valence-electron chi connectivity index (χ4n) is 1.92. The molecule has 1 aliphatic rings. The molecule has 16 heavy (non-hydrogen) atoms. The van der Waals surface area contributed by atoms with Gasteiger partial charge in [-0.25, -0.2) is 0 Å². The van der Waals surface area contributed by atoms with Crippen LogP contribution >= 0.6 is 27.5 Å². The van der Waals surface area contributed by atoms with E-state index in [1.54, 1.807) is 0 Å². The average Bonchev–Trinajstić information content (AvgIpc) is 2.76. The molecule has 2 nitrogen and oxygen atoms in total. The van der Waals surface area contributed by atoms with Gasteiger partial charge in [0.15, 0.2) is 0 Å². The zero-order valence-corrected chi connectivity index (χ0v) is 11.5. The van der Waals surface area contributed by atoms with Crippen LogP contribution in [0.1, 0.15) is 13.3 Å². The summed E-state index contributed by atoms with van der Waals surface area (Å²) in [5, 5.41) is 4.23. The van der Waals surface area contributed by atoms with Crippen molar-refractivity contribution in [2.24, 2.45) is 5.92 Å². The molecule has 0 bridgehead atoms. The Kier molecular flexibility index (Phi) is 4.11. The van der Waals surface area contributed by atoms with E-state index >= 15 is 0 Å². The topological polar surface area (TPSA) is 21.3 Å². The highest BCUT2D eigenvalue weighted by Gasteiger charge is 2.22. The van der Waals surface area contributed by atoms with Crippen LogP contribution in [-0.4, -0.2) is 19.3 Å². The number of ether oxygens (including phenoxy) is 1. The van der Waals surface area contributed by atoms with Gasteiger partial charge in [0, 0.05) is 28.1 Å². The molecular weight excluding hydrogens is 289 g/mol. The third kappa shape index (κ3) is 2.90. The molecule has 1 aromatic carbocycles. The highest BCUT2D eigenvalue weighted by atomic mass is 79.9. The van der Waals surface area contributed by atoms with Gasteiger partial charge in [0.2, 0.25) is 0 Å². The molecule has 2 atom stereocenters. The molecule has 1 aliphatic heterocycles. The summed E-state index contributed by atoms with van der Waals surface area (Å²) in [6, 6.07) is 6.18. The van der Waals surface area contributed by atoms with E-state index in [0.717, 1.165) is 34.8 Å². The Bertz CT molecular complexity index is 366. The van der Waals surface area contributed by atoms with Crippen molar-refractivity contribution in [3.63, 3.8) is 0 Å². The van der Waals surface area contributed by atoms with Crippen LogP contribution in [0.4, 0.5) is 5.69 Å². The Morgan fingerprint density at radius 3 is 3.06 bits per heavy atom. The monoisotopic (exact) mass is 303 g/mol. The number of benzene rings is 1. The van der Waals surface area contributed by atoms with Gasteiger partial charge in [-0.3, -0.25) is 0 Å². The van der Waals surface area contributed by atoms with Gasteiger partial charge < -0.3 is 10.1 Å². The fourth-order valence-corrected chi connectivity index (χ4v) is 2.45. The van der Waals surface area contributed by atoms with E-state index in [0.29, 0.717) is 12.0 Å².